The van der Waals surface area contributed by atoms with Crippen molar-refractivity contribution < 1.29 is 4.39 Å². The van der Waals surface area contributed by atoms with Crippen LogP contribution in [0.2, 0.25) is 0 Å². The summed E-state index contributed by atoms with van der Waals surface area (Å²) < 4.78 is 13.5. The lowest BCUT2D eigenvalue weighted by Crippen LogP contribution is -2.32. The molecule has 1 nitrogen and oxygen atoms in total. The average molecular weight is 221 g/mol. The lowest BCUT2D eigenvalue weighted by atomic mass is 9.77. The molecule has 1 fully saturated rings. The number of hydrogen-bond acceptors (Lipinski definition) is 1. The molecule has 1 aromatic rings. The van der Waals surface area contributed by atoms with Crippen LogP contribution in [0.5, 0.6) is 0 Å². The fraction of sp³-hybridized carbons (Fsp3) is 0.571. The van der Waals surface area contributed by atoms with E-state index in [1.807, 2.05) is 13.0 Å². The van der Waals surface area contributed by atoms with Crippen LogP contribution < -0.4 is 5.32 Å². The molecule has 0 spiro atoms. The largest absolute Gasteiger partial charge is 0.310 e. The number of aryl methyl sites for hydroxylation is 1. The highest BCUT2D eigenvalue weighted by Crippen LogP contribution is 2.37. The fourth-order valence-corrected chi connectivity index (χ4v) is 2.35. The second-order valence-corrected chi connectivity index (χ2v) is 4.73. The zero-order chi connectivity index (χ0) is 11.5. The van der Waals surface area contributed by atoms with E-state index < -0.39 is 0 Å². The maximum atomic E-state index is 13.5. The highest BCUT2D eigenvalue weighted by molar-refractivity contribution is 5.26. The van der Waals surface area contributed by atoms with Crippen molar-refractivity contribution >= 4 is 0 Å². The molecule has 0 bridgehead atoms. The summed E-state index contributed by atoms with van der Waals surface area (Å²) in [6.45, 7) is 4.86. The molecule has 0 aliphatic heterocycles. The zero-order valence-corrected chi connectivity index (χ0v) is 10.1. The molecule has 1 aromatic carbocycles. The van der Waals surface area contributed by atoms with Gasteiger partial charge in [0.05, 0.1) is 0 Å². The van der Waals surface area contributed by atoms with E-state index in [1.165, 1.54) is 19.3 Å². The van der Waals surface area contributed by atoms with E-state index in [0.717, 1.165) is 17.7 Å². The van der Waals surface area contributed by atoms with Gasteiger partial charge in [-0.2, -0.15) is 0 Å². The van der Waals surface area contributed by atoms with Gasteiger partial charge in [-0.15, -0.1) is 0 Å². The van der Waals surface area contributed by atoms with Crippen LogP contribution in [0.1, 0.15) is 43.4 Å². The standard InChI is InChI=1S/C14H20FN/c1-3-16-14(11-5-4-6-11)12-8-7-10(2)13(15)9-12/h7-9,11,14,16H,3-6H2,1-2H3. The fourth-order valence-electron chi connectivity index (χ4n) is 2.35. The van der Waals surface area contributed by atoms with Gasteiger partial charge < -0.3 is 5.32 Å². The summed E-state index contributed by atoms with van der Waals surface area (Å²) in [5.41, 5.74) is 1.84. The van der Waals surface area contributed by atoms with Crippen molar-refractivity contribution in [2.75, 3.05) is 6.54 Å². The van der Waals surface area contributed by atoms with Gasteiger partial charge in [-0.3, -0.25) is 0 Å². The van der Waals surface area contributed by atoms with Crippen LogP contribution in [-0.4, -0.2) is 6.54 Å². The third-order valence-electron chi connectivity index (χ3n) is 3.60. The van der Waals surface area contributed by atoms with Crippen LogP contribution in [0, 0.1) is 18.7 Å². The Morgan fingerprint density at radius 1 is 1.44 bits per heavy atom. The van der Waals surface area contributed by atoms with Crippen LogP contribution in [0.4, 0.5) is 4.39 Å². The van der Waals surface area contributed by atoms with Crippen molar-refractivity contribution in [3.63, 3.8) is 0 Å². The van der Waals surface area contributed by atoms with E-state index in [2.05, 4.69) is 18.3 Å². The number of halogens is 1. The van der Waals surface area contributed by atoms with Crippen molar-refractivity contribution in [3.05, 3.63) is 35.1 Å². The molecule has 88 valence electrons. The summed E-state index contributed by atoms with van der Waals surface area (Å²) >= 11 is 0. The van der Waals surface area contributed by atoms with Gasteiger partial charge in [-0.1, -0.05) is 25.5 Å². The minimum atomic E-state index is -0.0836. The molecular formula is C14H20FN. The Kier molecular flexibility index (Phi) is 3.59. The molecule has 1 saturated carbocycles. The van der Waals surface area contributed by atoms with Crippen molar-refractivity contribution in [2.24, 2.45) is 5.92 Å². The van der Waals surface area contributed by atoms with Crippen LogP contribution in [0.15, 0.2) is 18.2 Å². The van der Waals surface area contributed by atoms with Crippen LogP contribution >= 0.6 is 0 Å². The van der Waals surface area contributed by atoms with Gasteiger partial charge in [0.15, 0.2) is 0 Å². The van der Waals surface area contributed by atoms with Crippen molar-refractivity contribution in [1.29, 1.82) is 0 Å². The highest BCUT2D eigenvalue weighted by atomic mass is 19.1. The summed E-state index contributed by atoms with van der Waals surface area (Å²) in [7, 11) is 0. The first-order valence-electron chi connectivity index (χ1n) is 6.21. The number of hydrogen-bond donors (Lipinski definition) is 1. The molecule has 0 radical (unpaired) electrons. The van der Waals surface area contributed by atoms with Gasteiger partial charge in [0.25, 0.3) is 0 Å². The maximum absolute atomic E-state index is 13.5. The molecule has 16 heavy (non-hydrogen) atoms. The molecule has 0 aromatic heterocycles. The minimum absolute atomic E-state index is 0.0836. The number of benzene rings is 1. The molecule has 2 rings (SSSR count). The Labute approximate surface area is 97.1 Å². The van der Waals surface area contributed by atoms with Crippen molar-refractivity contribution in [3.8, 4) is 0 Å². The van der Waals surface area contributed by atoms with Gasteiger partial charge in [0, 0.05) is 6.04 Å². The predicted octanol–water partition coefficient (Wildman–Crippen LogP) is 3.58. The maximum Gasteiger partial charge on any atom is 0.126 e. The summed E-state index contributed by atoms with van der Waals surface area (Å²) in [6, 6.07) is 5.98. The molecule has 1 atom stereocenters. The van der Waals surface area contributed by atoms with Gasteiger partial charge in [-0.05, 0) is 49.4 Å². The third kappa shape index (κ3) is 2.27. The first kappa shape index (κ1) is 11.6. The molecule has 0 amide bonds. The van der Waals surface area contributed by atoms with Gasteiger partial charge in [-0.25, -0.2) is 4.39 Å². The van der Waals surface area contributed by atoms with E-state index in [4.69, 9.17) is 0 Å². The molecule has 1 unspecified atom stereocenters. The summed E-state index contributed by atoms with van der Waals surface area (Å²) in [6.07, 6.45) is 3.86. The van der Waals surface area contributed by atoms with Crippen LogP contribution in [0.25, 0.3) is 0 Å². The Morgan fingerprint density at radius 2 is 2.19 bits per heavy atom. The van der Waals surface area contributed by atoms with E-state index in [1.54, 1.807) is 6.07 Å². The molecule has 1 aliphatic carbocycles. The van der Waals surface area contributed by atoms with Crippen molar-refractivity contribution in [2.45, 2.75) is 39.2 Å². The smallest absolute Gasteiger partial charge is 0.126 e. The Hall–Kier alpha value is -0.890. The number of nitrogens with one attached hydrogen (secondary N) is 1. The normalized spacial score (nSPS) is 18.2. The van der Waals surface area contributed by atoms with E-state index >= 15 is 0 Å². The Bertz CT molecular complexity index is 358. The van der Waals surface area contributed by atoms with Gasteiger partial charge in [0.1, 0.15) is 5.82 Å². The highest BCUT2D eigenvalue weighted by Gasteiger charge is 2.27. The summed E-state index contributed by atoms with van der Waals surface area (Å²) in [5, 5.41) is 3.48. The van der Waals surface area contributed by atoms with Crippen LogP contribution in [0.3, 0.4) is 0 Å². The second kappa shape index (κ2) is 4.96. The lowest BCUT2D eigenvalue weighted by Gasteiger charge is -2.34. The summed E-state index contributed by atoms with van der Waals surface area (Å²) in [5.74, 6) is 0.613. The first-order valence-corrected chi connectivity index (χ1v) is 6.21. The predicted molar refractivity (Wildman–Crippen MR) is 64.9 cm³/mol. The Morgan fingerprint density at radius 3 is 2.69 bits per heavy atom. The van der Waals surface area contributed by atoms with E-state index in [9.17, 15) is 4.39 Å². The van der Waals surface area contributed by atoms with Crippen LogP contribution in [-0.2, 0) is 0 Å². The quantitative estimate of drug-likeness (QED) is 0.819. The van der Waals surface area contributed by atoms with E-state index in [0.29, 0.717) is 12.0 Å². The molecule has 0 saturated heterocycles. The molecular weight excluding hydrogens is 201 g/mol. The van der Waals surface area contributed by atoms with Crippen molar-refractivity contribution in [1.82, 2.24) is 5.32 Å². The van der Waals surface area contributed by atoms with E-state index in [-0.39, 0.29) is 5.82 Å². The average Bonchev–Trinajstić information content (AvgIpc) is 2.19. The first-order chi connectivity index (χ1) is 7.72. The molecule has 1 aliphatic rings. The monoisotopic (exact) mass is 221 g/mol. The Balaban J connectivity index is 2.20. The second-order valence-electron chi connectivity index (χ2n) is 4.73. The molecule has 0 heterocycles. The third-order valence-corrected chi connectivity index (χ3v) is 3.60. The molecule has 1 N–H and O–H groups in total. The molecule has 2 heteroatoms. The summed E-state index contributed by atoms with van der Waals surface area (Å²) in [4.78, 5) is 0. The topological polar surface area (TPSA) is 12.0 Å². The zero-order valence-electron chi connectivity index (χ0n) is 10.1. The lowest BCUT2D eigenvalue weighted by molar-refractivity contribution is 0.233. The number of rotatable bonds is 4. The SMILES string of the molecule is CCNC(c1ccc(C)c(F)c1)C1CCC1. The minimum Gasteiger partial charge on any atom is -0.310 e. The van der Waals surface area contributed by atoms with Gasteiger partial charge in [0.2, 0.25) is 0 Å². The van der Waals surface area contributed by atoms with Gasteiger partial charge >= 0.3 is 0 Å².